The Morgan fingerprint density at radius 3 is 1.96 bits per heavy atom. The summed E-state index contributed by atoms with van der Waals surface area (Å²) in [5.74, 6) is 0. The van der Waals surface area contributed by atoms with Crippen molar-refractivity contribution in [3.63, 3.8) is 0 Å². The quantitative estimate of drug-likeness (QED) is 0.266. The van der Waals surface area contributed by atoms with Crippen LogP contribution in [0, 0.1) is 0 Å². The fraction of sp³-hybridized carbons (Fsp3) is 0.238. The first-order valence-corrected chi connectivity index (χ1v) is 10.4. The maximum atomic E-state index is 6.57. The summed E-state index contributed by atoms with van der Waals surface area (Å²) >= 11 is 0. The molecule has 1 unspecified atom stereocenters. The summed E-state index contributed by atoms with van der Waals surface area (Å²) in [5, 5.41) is 2.08. The second-order valence-corrected chi connectivity index (χ2v) is 8.50. The summed E-state index contributed by atoms with van der Waals surface area (Å²) in [6.45, 7) is 9.98. The first kappa shape index (κ1) is 19.2. The Labute approximate surface area is 151 Å². The minimum atomic E-state index is -2.95. The molecule has 1 atom stereocenters. The largest absolute Gasteiger partial charge is 0.474 e. The molecule has 3 nitrogen and oxygen atoms in total. The molecule has 25 heavy (non-hydrogen) atoms. The van der Waals surface area contributed by atoms with Crippen LogP contribution in [0.5, 0.6) is 0 Å². The molecule has 0 aliphatic heterocycles. The fourth-order valence-corrected chi connectivity index (χ4v) is 5.84. The molecule has 0 N–H and O–H groups in total. The predicted octanol–water partition coefficient (Wildman–Crippen LogP) is 3.75. The van der Waals surface area contributed by atoms with Gasteiger partial charge in [0.25, 0.3) is 0 Å². The van der Waals surface area contributed by atoms with E-state index in [0.717, 1.165) is 23.2 Å². The van der Waals surface area contributed by atoms with Gasteiger partial charge in [0.1, 0.15) is 0 Å². The van der Waals surface area contributed by atoms with Gasteiger partial charge >= 0.3 is 8.56 Å². The zero-order valence-corrected chi connectivity index (χ0v) is 15.8. The molecule has 0 radical (unpaired) electrons. The highest BCUT2D eigenvalue weighted by atomic mass is 28.4. The lowest BCUT2D eigenvalue weighted by molar-refractivity contribution is -0.0537. The first-order valence-electron chi connectivity index (χ1n) is 8.57. The summed E-state index contributed by atoms with van der Waals surface area (Å²) in [5.41, 5.74) is 0. The van der Waals surface area contributed by atoms with Crippen LogP contribution in [0.25, 0.3) is 0 Å². The van der Waals surface area contributed by atoms with Crippen molar-refractivity contribution in [2.75, 3.05) is 6.61 Å². The Balaban J connectivity index is 2.53. The molecule has 4 heteroatoms. The molecule has 132 valence electrons. The van der Waals surface area contributed by atoms with Crippen LogP contribution in [0.2, 0.25) is 0 Å². The van der Waals surface area contributed by atoms with E-state index in [1.807, 2.05) is 36.4 Å². The number of hydrogen-bond donors (Lipinski definition) is 0. The van der Waals surface area contributed by atoms with E-state index in [9.17, 15) is 0 Å². The molecule has 0 aliphatic carbocycles. The molecule has 0 spiro atoms. The third-order valence-corrected chi connectivity index (χ3v) is 7.14. The molecule has 2 rings (SSSR count). The Morgan fingerprint density at radius 2 is 1.52 bits per heavy atom. The highest BCUT2D eigenvalue weighted by molar-refractivity contribution is 6.92. The molecule has 0 heterocycles. The van der Waals surface area contributed by atoms with Gasteiger partial charge in [-0.15, -0.1) is 6.58 Å². The molecule has 0 aromatic heterocycles. The molecular weight excluding hydrogens is 328 g/mol. The summed E-state index contributed by atoms with van der Waals surface area (Å²) in [6.07, 6.45) is 4.48. The number of hydrogen-bond acceptors (Lipinski definition) is 3. The van der Waals surface area contributed by atoms with Gasteiger partial charge in [0.2, 0.25) is 0 Å². The van der Waals surface area contributed by atoms with Crippen molar-refractivity contribution in [1.82, 2.24) is 0 Å². The molecule has 0 amide bonds. The van der Waals surface area contributed by atoms with Crippen LogP contribution < -0.4 is 10.4 Å². The number of ether oxygens (including phenoxy) is 1. The van der Waals surface area contributed by atoms with Crippen molar-refractivity contribution in [3.8, 4) is 0 Å². The highest BCUT2D eigenvalue weighted by Gasteiger charge is 2.44. The summed E-state index contributed by atoms with van der Waals surface area (Å²) in [6, 6.07) is 20.2. The molecule has 0 saturated carbocycles. The van der Waals surface area contributed by atoms with Gasteiger partial charge in [0, 0.05) is 6.42 Å². The normalized spacial score (nSPS) is 12.4. The lowest BCUT2D eigenvalue weighted by Crippen LogP contribution is -2.64. The van der Waals surface area contributed by atoms with E-state index in [1.165, 1.54) is 6.26 Å². The van der Waals surface area contributed by atoms with Crippen molar-refractivity contribution in [2.45, 2.75) is 26.1 Å². The van der Waals surface area contributed by atoms with Crippen LogP contribution in [-0.4, -0.2) is 21.5 Å². The SMILES string of the molecule is C=CCO[Si](OC(CCC)OC=C)(c1ccccc1)c1ccccc1. The lowest BCUT2D eigenvalue weighted by Gasteiger charge is -2.34. The van der Waals surface area contributed by atoms with E-state index < -0.39 is 14.9 Å². The number of rotatable bonds is 11. The zero-order valence-electron chi connectivity index (χ0n) is 14.8. The molecule has 0 saturated heterocycles. The second-order valence-electron chi connectivity index (χ2n) is 5.59. The average molecular weight is 355 g/mol. The van der Waals surface area contributed by atoms with E-state index in [-0.39, 0.29) is 0 Å². The summed E-state index contributed by atoms with van der Waals surface area (Å²) in [4.78, 5) is 0. The predicted molar refractivity (Wildman–Crippen MR) is 105 cm³/mol. The van der Waals surface area contributed by atoms with Gasteiger partial charge < -0.3 is 13.6 Å². The van der Waals surface area contributed by atoms with Crippen molar-refractivity contribution in [3.05, 3.63) is 86.2 Å². The third-order valence-electron chi connectivity index (χ3n) is 3.78. The maximum Gasteiger partial charge on any atom is 0.410 e. The fourth-order valence-electron chi connectivity index (χ4n) is 2.68. The summed E-state index contributed by atoms with van der Waals surface area (Å²) < 4.78 is 18.6. The Hall–Kier alpha value is -2.14. The molecular formula is C21H26O3Si. The highest BCUT2D eigenvalue weighted by Crippen LogP contribution is 2.17. The smallest absolute Gasteiger partial charge is 0.410 e. The van der Waals surface area contributed by atoms with Crippen LogP contribution in [0.1, 0.15) is 19.8 Å². The molecule has 0 bridgehead atoms. The lowest BCUT2D eigenvalue weighted by atomic mass is 10.3. The topological polar surface area (TPSA) is 27.7 Å². The Kier molecular flexibility index (Phi) is 7.66. The standard InChI is InChI=1S/C21H26O3Si/c1-4-13-21(22-6-3)24-25(23-18-5-2,19-14-9-7-10-15-19)20-16-11-8-12-17-20/h5-12,14-17,21H,2-4,13,18H2,1H3. The van der Waals surface area contributed by atoms with Crippen LogP contribution >= 0.6 is 0 Å². The second kappa shape index (κ2) is 9.99. The van der Waals surface area contributed by atoms with E-state index in [4.69, 9.17) is 13.6 Å². The first-order chi connectivity index (χ1) is 12.3. The van der Waals surface area contributed by atoms with E-state index >= 15 is 0 Å². The van der Waals surface area contributed by atoms with Crippen molar-refractivity contribution in [1.29, 1.82) is 0 Å². The minimum absolute atomic E-state index is 0.403. The van der Waals surface area contributed by atoms with E-state index in [1.54, 1.807) is 6.08 Å². The van der Waals surface area contributed by atoms with Crippen LogP contribution in [0.3, 0.4) is 0 Å². The molecule has 0 aliphatic rings. The Morgan fingerprint density at radius 1 is 0.960 bits per heavy atom. The van der Waals surface area contributed by atoms with E-state index in [2.05, 4.69) is 44.3 Å². The average Bonchev–Trinajstić information content (AvgIpc) is 2.67. The van der Waals surface area contributed by atoms with Gasteiger partial charge in [0.05, 0.1) is 12.9 Å². The van der Waals surface area contributed by atoms with Crippen molar-refractivity contribution >= 4 is 18.9 Å². The van der Waals surface area contributed by atoms with Gasteiger partial charge in [-0.05, 0) is 10.4 Å². The molecule has 2 aromatic carbocycles. The Bertz CT molecular complexity index is 603. The van der Waals surface area contributed by atoms with Gasteiger partial charge in [-0.1, -0.05) is 86.7 Å². The van der Waals surface area contributed by atoms with Gasteiger partial charge in [-0.3, -0.25) is 0 Å². The minimum Gasteiger partial charge on any atom is -0.474 e. The zero-order chi connectivity index (χ0) is 18.0. The van der Waals surface area contributed by atoms with Crippen LogP contribution in [0.15, 0.2) is 86.2 Å². The third kappa shape index (κ3) is 4.92. The monoisotopic (exact) mass is 354 g/mol. The van der Waals surface area contributed by atoms with E-state index in [0.29, 0.717) is 6.61 Å². The van der Waals surface area contributed by atoms with Gasteiger partial charge in [0.15, 0.2) is 6.29 Å². The maximum absolute atomic E-state index is 6.57. The van der Waals surface area contributed by atoms with Crippen molar-refractivity contribution < 1.29 is 13.6 Å². The van der Waals surface area contributed by atoms with Crippen LogP contribution in [0.4, 0.5) is 0 Å². The summed E-state index contributed by atoms with van der Waals surface area (Å²) in [7, 11) is -2.95. The van der Waals surface area contributed by atoms with Gasteiger partial charge in [-0.25, -0.2) is 0 Å². The van der Waals surface area contributed by atoms with Gasteiger partial charge in [-0.2, -0.15) is 0 Å². The van der Waals surface area contributed by atoms with Crippen molar-refractivity contribution in [2.24, 2.45) is 0 Å². The van der Waals surface area contributed by atoms with Crippen LogP contribution in [-0.2, 0) is 13.6 Å². The molecule has 0 fully saturated rings. The molecule has 2 aromatic rings. The number of benzene rings is 2.